The third kappa shape index (κ3) is 4.01. The first kappa shape index (κ1) is 17.7. The Bertz CT molecular complexity index is 1140. The summed E-state index contributed by atoms with van der Waals surface area (Å²) in [5.74, 6) is 0.206. The van der Waals surface area contributed by atoms with Crippen LogP contribution in [0.3, 0.4) is 0 Å². The zero-order valence-corrected chi connectivity index (χ0v) is 15.0. The van der Waals surface area contributed by atoms with Crippen LogP contribution in [-0.2, 0) is 24.2 Å². The summed E-state index contributed by atoms with van der Waals surface area (Å²) in [5, 5.41) is 6.71. The molecule has 2 heterocycles. The molecule has 0 spiro atoms. The van der Waals surface area contributed by atoms with Crippen molar-refractivity contribution >= 4 is 17.0 Å². The molecule has 0 bridgehead atoms. The number of benzene rings is 2. The zero-order valence-electron chi connectivity index (χ0n) is 15.0. The number of hydrogen-bond donors (Lipinski definition) is 1. The van der Waals surface area contributed by atoms with Crippen molar-refractivity contribution in [1.29, 1.82) is 0 Å². The lowest BCUT2D eigenvalue weighted by Gasteiger charge is -2.04. The van der Waals surface area contributed by atoms with Gasteiger partial charge in [-0.1, -0.05) is 47.6 Å². The van der Waals surface area contributed by atoms with E-state index in [0.717, 1.165) is 5.56 Å². The van der Waals surface area contributed by atoms with Gasteiger partial charge in [0.1, 0.15) is 6.54 Å². The van der Waals surface area contributed by atoms with Crippen molar-refractivity contribution in [2.24, 2.45) is 0 Å². The molecule has 8 heteroatoms. The average molecular weight is 378 g/mol. The summed E-state index contributed by atoms with van der Waals surface area (Å²) in [6, 6.07) is 16.8. The third-order valence-electron chi connectivity index (χ3n) is 4.25. The molecule has 0 atom stereocenters. The van der Waals surface area contributed by atoms with Crippen LogP contribution in [0.4, 0.5) is 0 Å². The number of aromatic nitrogens is 3. The van der Waals surface area contributed by atoms with Crippen molar-refractivity contribution in [3.63, 3.8) is 0 Å². The predicted octanol–water partition coefficient (Wildman–Crippen LogP) is 1.93. The van der Waals surface area contributed by atoms with Gasteiger partial charge in [0, 0.05) is 19.4 Å². The Morgan fingerprint density at radius 2 is 1.86 bits per heavy atom. The van der Waals surface area contributed by atoms with Gasteiger partial charge in [0.25, 0.3) is 0 Å². The van der Waals surface area contributed by atoms with Crippen molar-refractivity contribution in [3.05, 3.63) is 82.4 Å². The molecule has 0 saturated heterocycles. The van der Waals surface area contributed by atoms with Crippen molar-refractivity contribution in [3.8, 4) is 0 Å². The number of nitrogens with one attached hydrogen (secondary N) is 1. The molecule has 0 aliphatic heterocycles. The first-order chi connectivity index (χ1) is 13.7. The number of para-hydroxylation sites is 2. The third-order valence-corrected chi connectivity index (χ3v) is 4.25. The molecule has 0 fully saturated rings. The number of nitrogens with zero attached hydrogens (tertiary/aromatic N) is 3. The molecule has 4 aromatic rings. The molecule has 4 rings (SSSR count). The van der Waals surface area contributed by atoms with Crippen LogP contribution in [-0.4, -0.2) is 27.2 Å². The molecule has 0 unspecified atom stereocenters. The molecule has 1 amide bonds. The Kier molecular flexibility index (Phi) is 5.01. The number of fused-ring (bicyclic) bond motifs is 1. The maximum Gasteiger partial charge on any atom is 0.420 e. The quantitative estimate of drug-likeness (QED) is 0.527. The predicted molar refractivity (Wildman–Crippen MR) is 101 cm³/mol. The largest absolute Gasteiger partial charge is 0.420 e. The molecule has 28 heavy (non-hydrogen) atoms. The molecule has 1 N–H and O–H groups in total. The number of oxazole rings is 1. The van der Waals surface area contributed by atoms with Crippen LogP contribution < -0.4 is 11.1 Å². The van der Waals surface area contributed by atoms with Gasteiger partial charge >= 0.3 is 5.76 Å². The maximum absolute atomic E-state index is 12.2. The van der Waals surface area contributed by atoms with Gasteiger partial charge in [-0.2, -0.15) is 4.98 Å². The van der Waals surface area contributed by atoms with E-state index < -0.39 is 5.76 Å². The van der Waals surface area contributed by atoms with Crippen molar-refractivity contribution in [1.82, 2.24) is 20.0 Å². The second-order valence-electron chi connectivity index (χ2n) is 6.29. The number of hydrogen-bond acceptors (Lipinski definition) is 6. The molecule has 142 valence electrons. The van der Waals surface area contributed by atoms with Crippen LogP contribution in [0.15, 0.2) is 68.3 Å². The Morgan fingerprint density at radius 1 is 1.07 bits per heavy atom. The van der Waals surface area contributed by atoms with Crippen molar-refractivity contribution < 1.29 is 13.7 Å². The summed E-state index contributed by atoms with van der Waals surface area (Å²) in [5.41, 5.74) is 2.14. The standard InChI is InChI=1S/C20H18N4O4/c25-18(13-24-15-8-4-5-9-16(15)27-20(24)26)21-11-10-19-22-17(23-28-19)12-14-6-2-1-3-7-14/h1-9H,10-13H2,(H,21,25). The molecule has 0 saturated carbocycles. The summed E-state index contributed by atoms with van der Waals surface area (Å²) in [6.07, 6.45) is 1.00. The van der Waals surface area contributed by atoms with E-state index in [0.29, 0.717) is 42.2 Å². The highest BCUT2D eigenvalue weighted by Gasteiger charge is 2.13. The van der Waals surface area contributed by atoms with Gasteiger partial charge in [-0.15, -0.1) is 0 Å². The van der Waals surface area contributed by atoms with Gasteiger partial charge in [-0.3, -0.25) is 9.36 Å². The van der Waals surface area contributed by atoms with Crippen LogP contribution in [0.25, 0.3) is 11.1 Å². The Hall–Kier alpha value is -3.68. The van der Waals surface area contributed by atoms with Crippen molar-refractivity contribution in [2.45, 2.75) is 19.4 Å². The lowest BCUT2D eigenvalue weighted by Crippen LogP contribution is -2.32. The molecule has 0 aliphatic carbocycles. The van der Waals surface area contributed by atoms with Gasteiger partial charge in [-0.25, -0.2) is 4.79 Å². The fraction of sp³-hybridized carbons (Fsp3) is 0.200. The first-order valence-corrected chi connectivity index (χ1v) is 8.89. The lowest BCUT2D eigenvalue weighted by atomic mass is 10.1. The molecule has 0 radical (unpaired) electrons. The average Bonchev–Trinajstić information content (AvgIpc) is 3.27. The smallest absolute Gasteiger partial charge is 0.408 e. The summed E-state index contributed by atoms with van der Waals surface area (Å²) in [6.45, 7) is 0.218. The Morgan fingerprint density at radius 3 is 2.71 bits per heavy atom. The lowest BCUT2D eigenvalue weighted by molar-refractivity contribution is -0.121. The van der Waals surface area contributed by atoms with Gasteiger partial charge < -0.3 is 14.3 Å². The molecule has 2 aromatic heterocycles. The van der Waals surface area contributed by atoms with Gasteiger partial charge in [0.15, 0.2) is 11.4 Å². The minimum absolute atomic E-state index is 0.112. The highest BCUT2D eigenvalue weighted by Crippen LogP contribution is 2.11. The fourth-order valence-corrected chi connectivity index (χ4v) is 2.91. The molecule has 0 aliphatic rings. The number of carbonyl (C=O) groups excluding carboxylic acids is 1. The van der Waals surface area contributed by atoms with E-state index in [1.807, 2.05) is 30.3 Å². The van der Waals surface area contributed by atoms with Gasteiger partial charge in [0.2, 0.25) is 11.8 Å². The van der Waals surface area contributed by atoms with E-state index in [2.05, 4.69) is 15.5 Å². The number of rotatable bonds is 7. The van der Waals surface area contributed by atoms with E-state index in [1.165, 1.54) is 4.57 Å². The van der Waals surface area contributed by atoms with E-state index >= 15 is 0 Å². The molecular formula is C20H18N4O4. The van der Waals surface area contributed by atoms with Crippen LogP contribution in [0.5, 0.6) is 0 Å². The first-order valence-electron chi connectivity index (χ1n) is 8.89. The second kappa shape index (κ2) is 7.91. The van der Waals surface area contributed by atoms with E-state index in [1.54, 1.807) is 24.3 Å². The minimum atomic E-state index is -0.557. The van der Waals surface area contributed by atoms with Crippen molar-refractivity contribution in [2.75, 3.05) is 6.54 Å². The van der Waals surface area contributed by atoms with Crippen LogP contribution in [0.1, 0.15) is 17.3 Å². The van der Waals surface area contributed by atoms with Crippen LogP contribution in [0, 0.1) is 0 Å². The summed E-state index contributed by atoms with van der Waals surface area (Å²) in [7, 11) is 0. The maximum atomic E-state index is 12.2. The Balaban J connectivity index is 1.30. The van der Waals surface area contributed by atoms with Crippen LogP contribution in [0.2, 0.25) is 0 Å². The fourth-order valence-electron chi connectivity index (χ4n) is 2.91. The molecule has 2 aromatic carbocycles. The van der Waals surface area contributed by atoms with Crippen LogP contribution >= 0.6 is 0 Å². The monoisotopic (exact) mass is 378 g/mol. The summed E-state index contributed by atoms with van der Waals surface area (Å²) in [4.78, 5) is 28.4. The SMILES string of the molecule is O=C(Cn1c(=O)oc2ccccc21)NCCc1nc(Cc2ccccc2)no1. The Labute approximate surface area is 159 Å². The van der Waals surface area contributed by atoms with E-state index in [4.69, 9.17) is 8.94 Å². The topological polar surface area (TPSA) is 103 Å². The van der Waals surface area contributed by atoms with E-state index in [9.17, 15) is 9.59 Å². The van der Waals surface area contributed by atoms with Gasteiger partial charge in [0.05, 0.1) is 5.52 Å². The minimum Gasteiger partial charge on any atom is -0.408 e. The normalized spacial score (nSPS) is 11.0. The van der Waals surface area contributed by atoms with E-state index in [-0.39, 0.29) is 12.5 Å². The molecular weight excluding hydrogens is 360 g/mol. The molecule has 8 nitrogen and oxygen atoms in total. The summed E-state index contributed by atoms with van der Waals surface area (Å²) < 4.78 is 11.6. The highest BCUT2D eigenvalue weighted by molar-refractivity contribution is 5.79. The van der Waals surface area contributed by atoms with Gasteiger partial charge in [-0.05, 0) is 17.7 Å². The number of carbonyl (C=O) groups is 1. The number of amides is 1. The second-order valence-corrected chi connectivity index (χ2v) is 6.29. The highest BCUT2D eigenvalue weighted by atomic mass is 16.5. The zero-order chi connectivity index (χ0) is 19.3. The summed E-state index contributed by atoms with van der Waals surface area (Å²) >= 11 is 0.